The molecule has 1 aliphatic carbocycles. The van der Waals surface area contributed by atoms with Gasteiger partial charge in [-0.15, -0.1) is 0 Å². The maximum atomic E-state index is 14.5. The summed E-state index contributed by atoms with van der Waals surface area (Å²) < 4.78 is 24.9. The first-order chi connectivity index (χ1) is 16.5. The molecule has 7 nitrogen and oxygen atoms in total. The van der Waals surface area contributed by atoms with Crippen molar-refractivity contribution >= 4 is 17.5 Å². The third kappa shape index (κ3) is 5.12. The molecule has 0 radical (unpaired) electrons. The summed E-state index contributed by atoms with van der Waals surface area (Å²) in [5.41, 5.74) is 1.73. The molecule has 0 saturated heterocycles. The molecule has 8 heteroatoms. The highest BCUT2D eigenvalue weighted by Crippen LogP contribution is 2.34. The van der Waals surface area contributed by atoms with Crippen molar-refractivity contribution in [3.05, 3.63) is 65.5 Å². The van der Waals surface area contributed by atoms with Gasteiger partial charge in [0, 0.05) is 31.6 Å². The van der Waals surface area contributed by atoms with E-state index in [0.29, 0.717) is 36.6 Å². The zero-order valence-electron chi connectivity index (χ0n) is 19.6. The predicted octanol–water partition coefficient (Wildman–Crippen LogP) is 3.79. The van der Waals surface area contributed by atoms with Crippen molar-refractivity contribution in [3.63, 3.8) is 0 Å². The number of carbonyl (C=O) groups is 2. The average Bonchev–Trinajstić information content (AvgIpc) is 3.26. The van der Waals surface area contributed by atoms with E-state index in [1.807, 2.05) is 24.3 Å². The molecule has 2 aromatic rings. The van der Waals surface area contributed by atoms with Gasteiger partial charge in [0.2, 0.25) is 5.91 Å². The number of rotatable bonds is 9. The Morgan fingerprint density at radius 2 is 1.85 bits per heavy atom. The Balaban J connectivity index is 1.61. The van der Waals surface area contributed by atoms with Gasteiger partial charge >= 0.3 is 0 Å². The van der Waals surface area contributed by atoms with Crippen LogP contribution < -0.4 is 4.74 Å². The molecule has 0 aromatic heterocycles. The smallest absolute Gasteiger partial charge is 0.262 e. The summed E-state index contributed by atoms with van der Waals surface area (Å²) in [5, 5.41) is 5.95. The van der Waals surface area contributed by atoms with Gasteiger partial charge in [0.25, 0.3) is 5.91 Å². The van der Waals surface area contributed by atoms with Crippen molar-refractivity contribution in [1.29, 1.82) is 0 Å². The highest BCUT2D eigenvalue weighted by molar-refractivity contribution is 6.03. The molecule has 1 atom stereocenters. The Hall–Kier alpha value is -3.26. The third-order valence-electron chi connectivity index (χ3n) is 6.51. The second-order valence-electron chi connectivity index (χ2n) is 8.64. The van der Waals surface area contributed by atoms with Crippen LogP contribution in [0.15, 0.2) is 53.6 Å². The molecular weight excluding hydrogens is 437 g/mol. The number of amides is 2. The number of halogens is 1. The fourth-order valence-corrected chi connectivity index (χ4v) is 4.30. The number of benzene rings is 2. The van der Waals surface area contributed by atoms with Gasteiger partial charge in [-0.2, -0.15) is 5.10 Å². The van der Waals surface area contributed by atoms with Gasteiger partial charge in [-0.3, -0.25) is 9.59 Å². The summed E-state index contributed by atoms with van der Waals surface area (Å²) in [7, 11) is 3.16. The summed E-state index contributed by atoms with van der Waals surface area (Å²) >= 11 is 0. The summed E-state index contributed by atoms with van der Waals surface area (Å²) in [5.74, 6) is -0.0400. The summed E-state index contributed by atoms with van der Waals surface area (Å²) in [4.78, 5) is 28.0. The summed E-state index contributed by atoms with van der Waals surface area (Å²) in [6, 6.07) is 13.4. The zero-order valence-corrected chi connectivity index (χ0v) is 19.6. The van der Waals surface area contributed by atoms with E-state index in [2.05, 4.69) is 5.10 Å². The first kappa shape index (κ1) is 23.9. The molecule has 0 N–H and O–H groups in total. The van der Waals surface area contributed by atoms with Gasteiger partial charge in [0.1, 0.15) is 18.1 Å². The molecule has 1 fully saturated rings. The maximum Gasteiger partial charge on any atom is 0.262 e. The standard InChI is InChI=1S/C26H30FN3O4/c1-33-15-14-29(26(32)19-6-5-7-19)17-25(31)30-24(18-10-12-20(34-2)13-11-18)16-23(28-30)21-8-3-4-9-22(21)27/h3-4,8-13,19,24H,5-7,14-17H2,1-2H3. The molecular formula is C26H30FN3O4. The highest BCUT2D eigenvalue weighted by Gasteiger charge is 2.36. The molecule has 1 heterocycles. The molecule has 2 aliphatic rings. The molecule has 0 spiro atoms. The Kier molecular flexibility index (Phi) is 7.57. The lowest BCUT2D eigenvalue weighted by molar-refractivity contribution is -0.146. The van der Waals surface area contributed by atoms with E-state index in [9.17, 15) is 14.0 Å². The van der Waals surface area contributed by atoms with Gasteiger partial charge in [-0.05, 0) is 36.6 Å². The van der Waals surface area contributed by atoms with E-state index < -0.39 is 6.04 Å². The Labute approximate surface area is 199 Å². The molecule has 4 rings (SSSR count). The quantitative estimate of drug-likeness (QED) is 0.563. The van der Waals surface area contributed by atoms with Crippen LogP contribution in [0.25, 0.3) is 0 Å². The van der Waals surface area contributed by atoms with Crippen LogP contribution in [0.3, 0.4) is 0 Å². The maximum absolute atomic E-state index is 14.5. The first-order valence-electron chi connectivity index (χ1n) is 11.6. The molecule has 34 heavy (non-hydrogen) atoms. The van der Waals surface area contributed by atoms with Gasteiger partial charge in [0.15, 0.2) is 0 Å². The number of hydrogen-bond acceptors (Lipinski definition) is 5. The number of carbonyl (C=O) groups excluding carboxylic acids is 2. The van der Waals surface area contributed by atoms with Crippen molar-refractivity contribution in [1.82, 2.24) is 9.91 Å². The van der Waals surface area contributed by atoms with Crippen LogP contribution in [-0.2, 0) is 14.3 Å². The largest absolute Gasteiger partial charge is 0.497 e. The van der Waals surface area contributed by atoms with E-state index in [-0.39, 0.29) is 30.1 Å². The second-order valence-corrected chi connectivity index (χ2v) is 8.64. The highest BCUT2D eigenvalue weighted by atomic mass is 19.1. The number of methoxy groups -OCH3 is 2. The van der Waals surface area contributed by atoms with Crippen LogP contribution in [-0.4, -0.2) is 61.4 Å². The molecule has 1 unspecified atom stereocenters. The van der Waals surface area contributed by atoms with Gasteiger partial charge in [-0.1, -0.05) is 36.8 Å². The fourth-order valence-electron chi connectivity index (χ4n) is 4.30. The molecule has 1 aliphatic heterocycles. The Bertz CT molecular complexity index is 1050. The van der Waals surface area contributed by atoms with E-state index >= 15 is 0 Å². The number of ether oxygens (including phenoxy) is 2. The number of hydrazone groups is 1. The van der Waals surface area contributed by atoms with Crippen molar-refractivity contribution in [3.8, 4) is 5.75 Å². The SMILES string of the molecule is COCCN(CC(=O)N1N=C(c2ccccc2F)CC1c1ccc(OC)cc1)C(=O)C1CCC1. The minimum absolute atomic E-state index is 0.0184. The fraction of sp³-hybridized carbons (Fsp3) is 0.423. The average molecular weight is 468 g/mol. The molecule has 0 bridgehead atoms. The van der Waals surface area contributed by atoms with Crippen LogP contribution >= 0.6 is 0 Å². The lowest BCUT2D eigenvalue weighted by atomic mass is 9.84. The summed E-state index contributed by atoms with van der Waals surface area (Å²) in [6.45, 7) is 0.583. The number of hydrogen-bond donors (Lipinski definition) is 0. The molecule has 2 amide bonds. The topological polar surface area (TPSA) is 71.4 Å². The third-order valence-corrected chi connectivity index (χ3v) is 6.51. The van der Waals surface area contributed by atoms with E-state index in [1.54, 1.807) is 37.3 Å². The van der Waals surface area contributed by atoms with Crippen LogP contribution in [0, 0.1) is 11.7 Å². The van der Waals surface area contributed by atoms with Gasteiger partial charge < -0.3 is 14.4 Å². The first-order valence-corrected chi connectivity index (χ1v) is 11.6. The van der Waals surface area contributed by atoms with Gasteiger partial charge in [0.05, 0.1) is 25.5 Å². The molecule has 2 aromatic carbocycles. The van der Waals surface area contributed by atoms with E-state index in [4.69, 9.17) is 9.47 Å². The Morgan fingerprint density at radius 1 is 1.12 bits per heavy atom. The van der Waals surface area contributed by atoms with Crippen LogP contribution in [0.4, 0.5) is 4.39 Å². The van der Waals surface area contributed by atoms with Crippen molar-refractivity contribution in [2.45, 2.75) is 31.7 Å². The Morgan fingerprint density at radius 3 is 2.47 bits per heavy atom. The predicted molar refractivity (Wildman–Crippen MR) is 126 cm³/mol. The number of nitrogens with zero attached hydrogens (tertiary/aromatic N) is 3. The van der Waals surface area contributed by atoms with Crippen molar-refractivity contribution < 1.29 is 23.5 Å². The summed E-state index contributed by atoms with van der Waals surface area (Å²) in [6.07, 6.45) is 3.10. The lowest BCUT2D eigenvalue weighted by Crippen LogP contribution is -2.46. The minimum atomic E-state index is -0.406. The lowest BCUT2D eigenvalue weighted by Gasteiger charge is -2.32. The van der Waals surface area contributed by atoms with E-state index in [0.717, 1.165) is 24.8 Å². The van der Waals surface area contributed by atoms with Crippen LogP contribution in [0.1, 0.15) is 42.9 Å². The molecule has 1 saturated carbocycles. The normalized spacial score (nSPS) is 17.8. The van der Waals surface area contributed by atoms with Crippen molar-refractivity contribution in [2.75, 3.05) is 33.9 Å². The monoisotopic (exact) mass is 467 g/mol. The van der Waals surface area contributed by atoms with Crippen LogP contribution in [0.2, 0.25) is 0 Å². The molecule has 180 valence electrons. The second kappa shape index (κ2) is 10.8. The van der Waals surface area contributed by atoms with E-state index in [1.165, 1.54) is 11.1 Å². The van der Waals surface area contributed by atoms with Crippen molar-refractivity contribution in [2.24, 2.45) is 11.0 Å². The minimum Gasteiger partial charge on any atom is -0.497 e. The zero-order chi connectivity index (χ0) is 24.1. The van der Waals surface area contributed by atoms with Crippen LogP contribution in [0.5, 0.6) is 5.75 Å². The van der Waals surface area contributed by atoms with Gasteiger partial charge in [-0.25, -0.2) is 9.40 Å².